The zero-order valence-electron chi connectivity index (χ0n) is 16.2. The lowest BCUT2D eigenvalue weighted by atomic mass is 10.1. The van der Waals surface area contributed by atoms with E-state index in [0.29, 0.717) is 30.2 Å². The van der Waals surface area contributed by atoms with Crippen LogP contribution in [0.3, 0.4) is 0 Å². The molecule has 0 radical (unpaired) electrons. The number of nitrogens with zero attached hydrogens (tertiary/aromatic N) is 2. The number of ether oxygens (including phenoxy) is 2. The lowest BCUT2D eigenvalue weighted by Crippen LogP contribution is -2.15. The van der Waals surface area contributed by atoms with Gasteiger partial charge in [-0.2, -0.15) is 5.10 Å². The van der Waals surface area contributed by atoms with Gasteiger partial charge in [-0.15, -0.1) is 0 Å². The molecule has 6 nitrogen and oxygen atoms in total. The molecule has 7 heteroatoms. The highest BCUT2D eigenvalue weighted by Crippen LogP contribution is 2.22. The Balaban J connectivity index is 1.65. The minimum Gasteiger partial charge on any atom is -0.494 e. The van der Waals surface area contributed by atoms with Crippen LogP contribution in [0.15, 0.2) is 54.6 Å². The van der Waals surface area contributed by atoms with Crippen LogP contribution in [0.4, 0.5) is 0 Å². The molecule has 3 rings (SSSR count). The Morgan fingerprint density at radius 2 is 1.76 bits per heavy atom. The average molecular weight is 413 g/mol. The molecule has 0 fully saturated rings. The number of Topliss-reactive ketones (excluding diaryl/α,β-unsaturated/α-hetero) is 1. The van der Waals surface area contributed by atoms with Gasteiger partial charge in [0.2, 0.25) is 0 Å². The maximum atomic E-state index is 12.5. The van der Waals surface area contributed by atoms with Crippen molar-refractivity contribution < 1.29 is 19.1 Å². The minimum absolute atomic E-state index is 0.169. The number of carbonyl (C=O) groups is 2. The second-order valence-corrected chi connectivity index (χ2v) is 6.71. The highest BCUT2D eigenvalue weighted by atomic mass is 35.5. The van der Waals surface area contributed by atoms with Crippen molar-refractivity contribution in [3.05, 3.63) is 82.1 Å². The van der Waals surface area contributed by atoms with Crippen LogP contribution in [0.2, 0.25) is 5.15 Å². The number of ketones is 1. The number of rotatable bonds is 8. The SMILES string of the molecule is CCOc1ccc(C(=O)COC(=O)c2c(C)nn(Cc3ccccc3)c2Cl)cc1. The van der Waals surface area contributed by atoms with Gasteiger partial charge in [0.15, 0.2) is 12.4 Å². The highest BCUT2D eigenvalue weighted by molar-refractivity contribution is 6.32. The summed E-state index contributed by atoms with van der Waals surface area (Å²) in [6.45, 7) is 4.15. The first-order valence-corrected chi connectivity index (χ1v) is 9.57. The molecule has 150 valence electrons. The summed E-state index contributed by atoms with van der Waals surface area (Å²) in [5.41, 5.74) is 2.05. The monoisotopic (exact) mass is 412 g/mol. The highest BCUT2D eigenvalue weighted by Gasteiger charge is 2.22. The van der Waals surface area contributed by atoms with E-state index in [1.165, 1.54) is 4.68 Å². The van der Waals surface area contributed by atoms with E-state index < -0.39 is 5.97 Å². The number of hydrogen-bond acceptors (Lipinski definition) is 5. The Hall–Kier alpha value is -3.12. The topological polar surface area (TPSA) is 70.4 Å². The van der Waals surface area contributed by atoms with Gasteiger partial charge in [-0.1, -0.05) is 41.9 Å². The molecule has 0 N–H and O–H groups in total. The summed E-state index contributed by atoms with van der Waals surface area (Å²) in [4.78, 5) is 24.8. The molecule has 0 aliphatic heterocycles. The Kier molecular flexibility index (Phi) is 6.67. The Bertz CT molecular complexity index is 998. The summed E-state index contributed by atoms with van der Waals surface area (Å²) >= 11 is 6.35. The molecule has 1 aromatic heterocycles. The van der Waals surface area contributed by atoms with E-state index in [-0.39, 0.29) is 23.1 Å². The van der Waals surface area contributed by atoms with E-state index in [9.17, 15) is 9.59 Å². The van der Waals surface area contributed by atoms with Crippen LogP contribution in [-0.2, 0) is 11.3 Å². The molecule has 2 aromatic carbocycles. The van der Waals surface area contributed by atoms with Crippen LogP contribution >= 0.6 is 11.6 Å². The van der Waals surface area contributed by atoms with Crippen LogP contribution in [0.5, 0.6) is 5.75 Å². The molecule has 0 unspecified atom stereocenters. The summed E-state index contributed by atoms with van der Waals surface area (Å²) in [6, 6.07) is 16.3. The van der Waals surface area contributed by atoms with Gasteiger partial charge >= 0.3 is 5.97 Å². The van der Waals surface area contributed by atoms with E-state index in [4.69, 9.17) is 21.1 Å². The largest absolute Gasteiger partial charge is 0.494 e. The van der Waals surface area contributed by atoms with Crippen molar-refractivity contribution in [1.29, 1.82) is 0 Å². The van der Waals surface area contributed by atoms with Crippen LogP contribution in [0, 0.1) is 6.92 Å². The van der Waals surface area contributed by atoms with Gasteiger partial charge in [-0.25, -0.2) is 9.48 Å². The van der Waals surface area contributed by atoms with Gasteiger partial charge in [0.1, 0.15) is 16.5 Å². The number of hydrogen-bond donors (Lipinski definition) is 0. The van der Waals surface area contributed by atoms with E-state index >= 15 is 0 Å². The van der Waals surface area contributed by atoms with Gasteiger partial charge in [0.05, 0.1) is 18.8 Å². The van der Waals surface area contributed by atoms with E-state index in [1.54, 1.807) is 31.2 Å². The third kappa shape index (κ3) is 5.03. The van der Waals surface area contributed by atoms with Crippen molar-refractivity contribution in [2.75, 3.05) is 13.2 Å². The molecule has 0 saturated heterocycles. The predicted molar refractivity (Wildman–Crippen MR) is 110 cm³/mol. The zero-order valence-corrected chi connectivity index (χ0v) is 17.0. The fraction of sp³-hybridized carbons (Fsp3) is 0.227. The van der Waals surface area contributed by atoms with Crippen molar-refractivity contribution in [3.8, 4) is 5.75 Å². The van der Waals surface area contributed by atoms with Gasteiger partial charge < -0.3 is 9.47 Å². The molecule has 0 bridgehead atoms. The van der Waals surface area contributed by atoms with Crippen LogP contribution < -0.4 is 4.74 Å². The second kappa shape index (κ2) is 9.39. The molecule has 0 atom stereocenters. The second-order valence-electron chi connectivity index (χ2n) is 6.35. The summed E-state index contributed by atoms with van der Waals surface area (Å²) in [6.07, 6.45) is 0. The molecule has 3 aromatic rings. The number of halogens is 1. The van der Waals surface area contributed by atoms with Crippen LogP contribution in [0.1, 0.15) is 38.9 Å². The Labute approximate surface area is 174 Å². The molecule has 0 aliphatic rings. The van der Waals surface area contributed by atoms with Crippen molar-refractivity contribution in [3.63, 3.8) is 0 Å². The quantitative estimate of drug-likeness (QED) is 0.406. The predicted octanol–water partition coefficient (Wildman–Crippen LogP) is 4.33. The number of benzene rings is 2. The van der Waals surface area contributed by atoms with Crippen molar-refractivity contribution >= 4 is 23.4 Å². The summed E-state index contributed by atoms with van der Waals surface area (Å²) in [5.74, 6) is -0.313. The Morgan fingerprint density at radius 3 is 2.41 bits per heavy atom. The van der Waals surface area contributed by atoms with Crippen molar-refractivity contribution in [1.82, 2.24) is 9.78 Å². The summed E-state index contributed by atoms with van der Waals surface area (Å²) < 4.78 is 12.1. The number of aryl methyl sites for hydroxylation is 1. The van der Waals surface area contributed by atoms with Gasteiger partial charge in [-0.3, -0.25) is 4.79 Å². The fourth-order valence-electron chi connectivity index (χ4n) is 2.84. The van der Waals surface area contributed by atoms with E-state index in [1.807, 2.05) is 37.3 Å². The normalized spacial score (nSPS) is 10.6. The fourth-order valence-corrected chi connectivity index (χ4v) is 3.15. The smallest absolute Gasteiger partial charge is 0.343 e. The molecular weight excluding hydrogens is 392 g/mol. The van der Waals surface area contributed by atoms with Crippen molar-refractivity contribution in [2.24, 2.45) is 0 Å². The molecule has 0 spiro atoms. The lowest BCUT2D eigenvalue weighted by molar-refractivity contribution is 0.0474. The molecule has 0 aliphatic carbocycles. The maximum Gasteiger partial charge on any atom is 0.343 e. The average Bonchev–Trinajstić information content (AvgIpc) is 3.00. The number of esters is 1. The molecular formula is C22H21ClN2O4. The summed E-state index contributed by atoms with van der Waals surface area (Å²) in [7, 11) is 0. The van der Waals surface area contributed by atoms with Crippen LogP contribution in [0.25, 0.3) is 0 Å². The Morgan fingerprint density at radius 1 is 1.07 bits per heavy atom. The minimum atomic E-state index is -0.675. The third-order valence-electron chi connectivity index (χ3n) is 4.27. The molecule has 29 heavy (non-hydrogen) atoms. The number of aromatic nitrogens is 2. The lowest BCUT2D eigenvalue weighted by Gasteiger charge is -2.06. The summed E-state index contributed by atoms with van der Waals surface area (Å²) in [5, 5.41) is 4.51. The van der Waals surface area contributed by atoms with E-state index in [0.717, 1.165) is 5.56 Å². The standard InChI is InChI=1S/C22H21ClN2O4/c1-3-28-18-11-9-17(10-12-18)19(26)14-29-22(27)20-15(2)24-25(21(20)23)13-16-7-5-4-6-8-16/h4-12H,3,13-14H2,1-2H3. The van der Waals surface area contributed by atoms with E-state index in [2.05, 4.69) is 5.10 Å². The maximum absolute atomic E-state index is 12.5. The van der Waals surface area contributed by atoms with Gasteiger partial charge in [0, 0.05) is 5.56 Å². The third-order valence-corrected chi connectivity index (χ3v) is 4.65. The zero-order chi connectivity index (χ0) is 20.8. The molecule has 1 heterocycles. The van der Waals surface area contributed by atoms with Crippen LogP contribution in [-0.4, -0.2) is 34.7 Å². The van der Waals surface area contributed by atoms with Crippen molar-refractivity contribution in [2.45, 2.75) is 20.4 Å². The first-order chi connectivity index (χ1) is 14.0. The molecule has 0 amide bonds. The number of carbonyl (C=O) groups excluding carboxylic acids is 2. The van der Waals surface area contributed by atoms with Gasteiger partial charge in [-0.05, 0) is 43.7 Å². The van der Waals surface area contributed by atoms with Gasteiger partial charge in [0.25, 0.3) is 0 Å². The molecule has 0 saturated carbocycles. The first-order valence-electron chi connectivity index (χ1n) is 9.19. The first kappa shape index (κ1) is 20.6.